The summed E-state index contributed by atoms with van der Waals surface area (Å²) in [7, 11) is 1.47. The van der Waals surface area contributed by atoms with Crippen LogP contribution < -0.4 is 15.0 Å². The number of hydrogen-bond acceptors (Lipinski definition) is 3. The average molecular weight is 407 g/mol. The van der Waals surface area contributed by atoms with Crippen LogP contribution in [0.1, 0.15) is 23.2 Å². The number of halogens is 2. The number of ether oxygens (including phenoxy) is 1. The predicted octanol–water partition coefficient (Wildman–Crippen LogP) is 3.98. The summed E-state index contributed by atoms with van der Waals surface area (Å²) in [4.78, 5) is 25.6. The van der Waals surface area contributed by atoms with Crippen molar-refractivity contribution in [2.45, 2.75) is 12.8 Å². The number of methoxy groups -OCH3 is 1. The second kappa shape index (κ2) is 7.23. The van der Waals surface area contributed by atoms with Crippen LogP contribution in [0.2, 0.25) is 0 Å². The maximum Gasteiger partial charge on any atom is 0.259 e. The van der Waals surface area contributed by atoms with Gasteiger partial charge in [-0.2, -0.15) is 0 Å². The molecule has 130 valence electrons. The number of carbonyl (C=O) groups excluding carboxylic acids is 2. The van der Waals surface area contributed by atoms with Crippen molar-refractivity contribution in [3.8, 4) is 5.75 Å². The Hall–Kier alpha value is -2.41. The second-order valence-electron chi connectivity index (χ2n) is 5.61. The van der Waals surface area contributed by atoms with Crippen molar-refractivity contribution in [1.29, 1.82) is 0 Å². The minimum atomic E-state index is -0.546. The monoisotopic (exact) mass is 406 g/mol. The minimum Gasteiger partial charge on any atom is -0.496 e. The lowest BCUT2D eigenvalue weighted by atomic mass is 10.1. The van der Waals surface area contributed by atoms with Crippen LogP contribution in [-0.2, 0) is 4.79 Å². The highest BCUT2D eigenvalue weighted by Gasteiger charge is 2.24. The largest absolute Gasteiger partial charge is 0.496 e. The van der Waals surface area contributed by atoms with E-state index in [2.05, 4.69) is 21.2 Å². The van der Waals surface area contributed by atoms with E-state index in [4.69, 9.17) is 4.74 Å². The molecule has 2 amide bonds. The molecule has 1 fully saturated rings. The maximum absolute atomic E-state index is 14.4. The first-order valence-electron chi connectivity index (χ1n) is 7.74. The van der Waals surface area contributed by atoms with E-state index in [-0.39, 0.29) is 11.6 Å². The molecule has 3 rings (SSSR count). The van der Waals surface area contributed by atoms with Crippen LogP contribution in [0, 0.1) is 5.82 Å². The SMILES string of the molecule is COc1cc(Br)ccc1C(=O)Nc1ccc(N2CCCC2=O)c(F)c1. The molecule has 2 aromatic carbocycles. The van der Waals surface area contributed by atoms with Gasteiger partial charge in [0.05, 0.1) is 18.4 Å². The number of nitrogens with zero attached hydrogens (tertiary/aromatic N) is 1. The van der Waals surface area contributed by atoms with Crippen molar-refractivity contribution in [1.82, 2.24) is 0 Å². The van der Waals surface area contributed by atoms with Crippen molar-refractivity contribution in [2.24, 2.45) is 0 Å². The average Bonchev–Trinajstić information content (AvgIpc) is 3.00. The molecule has 0 aromatic heterocycles. The van der Waals surface area contributed by atoms with Gasteiger partial charge in [0.2, 0.25) is 5.91 Å². The Morgan fingerprint density at radius 3 is 2.72 bits per heavy atom. The Kier molecular flexibility index (Phi) is 5.03. The van der Waals surface area contributed by atoms with E-state index in [1.807, 2.05) is 0 Å². The zero-order chi connectivity index (χ0) is 18.0. The molecule has 1 aliphatic rings. The fourth-order valence-corrected chi connectivity index (χ4v) is 3.10. The van der Waals surface area contributed by atoms with E-state index >= 15 is 0 Å². The van der Waals surface area contributed by atoms with Crippen LogP contribution in [0.25, 0.3) is 0 Å². The topological polar surface area (TPSA) is 58.6 Å². The van der Waals surface area contributed by atoms with E-state index in [1.165, 1.54) is 24.1 Å². The Labute approximate surface area is 152 Å². The van der Waals surface area contributed by atoms with Crippen molar-refractivity contribution in [3.05, 3.63) is 52.3 Å². The van der Waals surface area contributed by atoms with Crippen LogP contribution in [0.15, 0.2) is 40.9 Å². The highest BCUT2D eigenvalue weighted by molar-refractivity contribution is 9.10. The number of anilines is 2. The molecule has 1 saturated heterocycles. The van der Waals surface area contributed by atoms with Gasteiger partial charge in [-0.3, -0.25) is 9.59 Å². The Bertz CT molecular complexity index is 841. The van der Waals surface area contributed by atoms with E-state index in [0.29, 0.717) is 30.0 Å². The number of rotatable bonds is 4. The molecule has 0 atom stereocenters. The van der Waals surface area contributed by atoms with Gasteiger partial charge in [0.1, 0.15) is 11.6 Å². The van der Waals surface area contributed by atoms with Crippen LogP contribution in [-0.4, -0.2) is 25.5 Å². The van der Waals surface area contributed by atoms with Gasteiger partial charge in [0.15, 0.2) is 0 Å². The standard InChI is InChI=1S/C18H16BrFN2O3/c1-25-16-9-11(19)4-6-13(16)18(24)21-12-5-7-15(14(20)10-12)22-8-2-3-17(22)23/h4-7,9-10H,2-3,8H2,1H3,(H,21,24). The number of amides is 2. The van der Waals surface area contributed by atoms with E-state index in [9.17, 15) is 14.0 Å². The van der Waals surface area contributed by atoms with Gasteiger partial charge in [0, 0.05) is 23.1 Å². The molecule has 0 bridgehead atoms. The minimum absolute atomic E-state index is 0.0877. The molecule has 0 unspecified atom stereocenters. The molecule has 1 heterocycles. The second-order valence-corrected chi connectivity index (χ2v) is 6.53. The van der Waals surface area contributed by atoms with E-state index in [0.717, 1.165) is 10.9 Å². The molecule has 7 heteroatoms. The van der Waals surface area contributed by atoms with Gasteiger partial charge in [0.25, 0.3) is 5.91 Å². The fraction of sp³-hybridized carbons (Fsp3) is 0.222. The molecular formula is C18H16BrFN2O3. The number of nitrogens with one attached hydrogen (secondary N) is 1. The van der Waals surface area contributed by atoms with E-state index in [1.54, 1.807) is 24.3 Å². The molecular weight excluding hydrogens is 391 g/mol. The summed E-state index contributed by atoms with van der Waals surface area (Å²) in [5, 5.41) is 2.64. The molecule has 0 radical (unpaired) electrons. The molecule has 0 aliphatic carbocycles. The first-order chi connectivity index (χ1) is 12.0. The summed E-state index contributed by atoms with van der Waals surface area (Å²) < 4.78 is 20.3. The number of hydrogen-bond donors (Lipinski definition) is 1. The zero-order valence-electron chi connectivity index (χ0n) is 13.5. The molecule has 25 heavy (non-hydrogen) atoms. The predicted molar refractivity (Wildman–Crippen MR) is 96.6 cm³/mol. The number of carbonyl (C=O) groups is 2. The summed E-state index contributed by atoms with van der Waals surface area (Å²) in [5.74, 6) is -0.633. The smallest absolute Gasteiger partial charge is 0.259 e. The third-order valence-electron chi connectivity index (χ3n) is 3.98. The first-order valence-corrected chi connectivity index (χ1v) is 8.53. The number of benzene rings is 2. The molecule has 1 aliphatic heterocycles. The third-order valence-corrected chi connectivity index (χ3v) is 4.47. The molecule has 0 saturated carbocycles. The van der Waals surface area contributed by atoms with Gasteiger partial charge in [-0.05, 0) is 42.8 Å². The summed E-state index contributed by atoms with van der Waals surface area (Å²) >= 11 is 3.31. The lowest BCUT2D eigenvalue weighted by molar-refractivity contribution is -0.117. The van der Waals surface area contributed by atoms with E-state index < -0.39 is 11.7 Å². The van der Waals surface area contributed by atoms with Gasteiger partial charge in [-0.15, -0.1) is 0 Å². The highest BCUT2D eigenvalue weighted by Crippen LogP contribution is 2.28. The Morgan fingerprint density at radius 1 is 1.28 bits per heavy atom. The van der Waals surface area contributed by atoms with Gasteiger partial charge < -0.3 is 15.0 Å². The summed E-state index contributed by atoms with van der Waals surface area (Å²) in [5.41, 5.74) is 0.884. The fourth-order valence-electron chi connectivity index (χ4n) is 2.76. The summed E-state index contributed by atoms with van der Waals surface area (Å²) in [6.07, 6.45) is 1.15. The lowest BCUT2D eigenvalue weighted by Crippen LogP contribution is -2.24. The molecule has 5 nitrogen and oxygen atoms in total. The van der Waals surface area contributed by atoms with Crippen LogP contribution in [0.4, 0.5) is 15.8 Å². The molecule has 2 aromatic rings. The summed E-state index contributed by atoms with van der Waals surface area (Å²) in [6.45, 7) is 0.511. The van der Waals surface area contributed by atoms with Crippen LogP contribution in [0.3, 0.4) is 0 Å². The van der Waals surface area contributed by atoms with Gasteiger partial charge in [-0.1, -0.05) is 15.9 Å². The van der Waals surface area contributed by atoms with Gasteiger partial charge in [-0.25, -0.2) is 4.39 Å². The highest BCUT2D eigenvalue weighted by atomic mass is 79.9. The van der Waals surface area contributed by atoms with Crippen molar-refractivity contribution in [3.63, 3.8) is 0 Å². The molecule has 1 N–H and O–H groups in total. The third kappa shape index (κ3) is 3.66. The lowest BCUT2D eigenvalue weighted by Gasteiger charge is -2.17. The molecule has 0 spiro atoms. The first kappa shape index (κ1) is 17.4. The Morgan fingerprint density at radius 2 is 2.08 bits per heavy atom. The normalized spacial score (nSPS) is 13.9. The van der Waals surface area contributed by atoms with Crippen molar-refractivity contribution in [2.75, 3.05) is 23.9 Å². The van der Waals surface area contributed by atoms with Crippen molar-refractivity contribution >= 4 is 39.1 Å². The maximum atomic E-state index is 14.4. The van der Waals surface area contributed by atoms with Crippen molar-refractivity contribution < 1.29 is 18.7 Å². The van der Waals surface area contributed by atoms with Gasteiger partial charge >= 0.3 is 0 Å². The quantitative estimate of drug-likeness (QED) is 0.835. The summed E-state index contributed by atoms with van der Waals surface area (Å²) in [6, 6.07) is 9.31. The Balaban J connectivity index is 1.80. The van der Waals surface area contributed by atoms with Crippen LogP contribution in [0.5, 0.6) is 5.75 Å². The zero-order valence-corrected chi connectivity index (χ0v) is 15.1. The van der Waals surface area contributed by atoms with Crippen LogP contribution >= 0.6 is 15.9 Å².